The molecule has 0 aliphatic heterocycles. The molecule has 0 aliphatic rings. The van der Waals surface area contributed by atoms with E-state index in [1.54, 1.807) is 14.2 Å². The van der Waals surface area contributed by atoms with Crippen LogP contribution >= 0.6 is 0 Å². The molecule has 0 N–H and O–H groups in total. The summed E-state index contributed by atoms with van der Waals surface area (Å²) in [7, 11) is 3.31. The zero-order chi connectivity index (χ0) is 13.0. The molecule has 2 heteroatoms. The minimum absolute atomic E-state index is 0.339. The number of hydrogen-bond acceptors (Lipinski definition) is 2. The summed E-state index contributed by atoms with van der Waals surface area (Å²) in [5.74, 6) is 1.88. The molecule has 0 saturated carbocycles. The largest absolute Gasteiger partial charge is 0.493 e. The second kappa shape index (κ2) is 5.58. The van der Waals surface area contributed by atoms with Crippen LogP contribution in [-0.2, 0) is 0 Å². The summed E-state index contributed by atoms with van der Waals surface area (Å²) in [5, 5.41) is 0. The standard InChI is InChI=1S/C16H18O2/c1-12(13-7-5-4-6-8-13)14-9-10-15(17-2)16(11-14)18-3/h4-12H,1-3H3. The first kappa shape index (κ1) is 12.5. The fraction of sp³-hybridized carbons (Fsp3) is 0.250. The SMILES string of the molecule is COc1ccc(C(C)c2ccccc2)cc1OC. The van der Waals surface area contributed by atoms with Gasteiger partial charge in [-0.05, 0) is 23.3 Å². The molecule has 2 rings (SSSR count). The van der Waals surface area contributed by atoms with Crippen LogP contribution in [0.4, 0.5) is 0 Å². The predicted molar refractivity (Wildman–Crippen MR) is 73.5 cm³/mol. The number of benzene rings is 2. The average molecular weight is 242 g/mol. The summed E-state index contributed by atoms with van der Waals surface area (Å²) >= 11 is 0. The Morgan fingerprint density at radius 3 is 2.06 bits per heavy atom. The molecule has 0 saturated heterocycles. The highest BCUT2D eigenvalue weighted by atomic mass is 16.5. The molecular formula is C16H18O2. The van der Waals surface area contributed by atoms with E-state index in [4.69, 9.17) is 9.47 Å². The maximum Gasteiger partial charge on any atom is 0.161 e. The minimum atomic E-state index is 0.339. The van der Waals surface area contributed by atoms with Gasteiger partial charge in [-0.2, -0.15) is 0 Å². The highest BCUT2D eigenvalue weighted by molar-refractivity contribution is 5.45. The lowest BCUT2D eigenvalue weighted by atomic mass is 9.93. The normalized spacial score (nSPS) is 11.9. The molecule has 2 aromatic rings. The first-order chi connectivity index (χ1) is 8.76. The first-order valence-electron chi connectivity index (χ1n) is 6.03. The molecule has 0 fully saturated rings. The molecule has 1 atom stereocenters. The van der Waals surface area contributed by atoms with Gasteiger partial charge < -0.3 is 9.47 Å². The lowest BCUT2D eigenvalue weighted by molar-refractivity contribution is 0.354. The second-order valence-corrected chi connectivity index (χ2v) is 4.25. The molecule has 0 bridgehead atoms. The minimum Gasteiger partial charge on any atom is -0.493 e. The van der Waals surface area contributed by atoms with Gasteiger partial charge in [0.05, 0.1) is 14.2 Å². The van der Waals surface area contributed by atoms with Gasteiger partial charge in [-0.3, -0.25) is 0 Å². The van der Waals surface area contributed by atoms with Gasteiger partial charge in [0.15, 0.2) is 11.5 Å². The van der Waals surface area contributed by atoms with Crippen LogP contribution < -0.4 is 9.47 Å². The summed E-state index contributed by atoms with van der Waals surface area (Å²) in [6, 6.07) is 16.5. The van der Waals surface area contributed by atoms with Gasteiger partial charge in [0.1, 0.15) is 0 Å². The van der Waals surface area contributed by atoms with Crippen LogP contribution in [0.5, 0.6) is 11.5 Å². The molecule has 0 spiro atoms. The van der Waals surface area contributed by atoms with Crippen LogP contribution in [0.15, 0.2) is 48.5 Å². The van der Waals surface area contributed by atoms with Crippen LogP contribution in [0.2, 0.25) is 0 Å². The average Bonchev–Trinajstić information content (AvgIpc) is 2.46. The molecule has 1 unspecified atom stereocenters. The van der Waals surface area contributed by atoms with Gasteiger partial charge in [-0.25, -0.2) is 0 Å². The van der Waals surface area contributed by atoms with Gasteiger partial charge in [-0.1, -0.05) is 43.3 Å². The van der Waals surface area contributed by atoms with Crippen LogP contribution in [0.3, 0.4) is 0 Å². The molecule has 2 aromatic carbocycles. The monoisotopic (exact) mass is 242 g/mol. The highest BCUT2D eigenvalue weighted by Gasteiger charge is 2.11. The number of ether oxygens (including phenoxy) is 2. The van der Waals surface area contributed by atoms with E-state index in [0.717, 1.165) is 11.5 Å². The van der Waals surface area contributed by atoms with Gasteiger partial charge in [-0.15, -0.1) is 0 Å². The molecule has 0 amide bonds. The van der Waals surface area contributed by atoms with E-state index in [9.17, 15) is 0 Å². The lowest BCUT2D eigenvalue weighted by Crippen LogP contribution is -1.98. The second-order valence-electron chi connectivity index (χ2n) is 4.25. The zero-order valence-electron chi connectivity index (χ0n) is 11.0. The molecule has 0 radical (unpaired) electrons. The molecule has 2 nitrogen and oxygen atoms in total. The Balaban J connectivity index is 2.34. The van der Waals surface area contributed by atoms with Gasteiger partial charge >= 0.3 is 0 Å². The van der Waals surface area contributed by atoms with E-state index in [2.05, 4.69) is 37.3 Å². The number of rotatable bonds is 4. The topological polar surface area (TPSA) is 18.5 Å². The van der Waals surface area contributed by atoms with E-state index in [0.29, 0.717) is 5.92 Å². The third-order valence-corrected chi connectivity index (χ3v) is 3.21. The molecule has 0 aliphatic carbocycles. The van der Waals surface area contributed by atoms with Crippen molar-refractivity contribution in [3.63, 3.8) is 0 Å². The van der Waals surface area contributed by atoms with Gasteiger partial charge in [0.25, 0.3) is 0 Å². The molecule has 0 heterocycles. The lowest BCUT2D eigenvalue weighted by Gasteiger charge is -2.15. The Bertz CT molecular complexity index is 506. The van der Waals surface area contributed by atoms with Crippen molar-refractivity contribution < 1.29 is 9.47 Å². The van der Waals surface area contributed by atoms with Gasteiger partial charge in [0.2, 0.25) is 0 Å². The van der Waals surface area contributed by atoms with Crippen molar-refractivity contribution in [2.75, 3.05) is 14.2 Å². The van der Waals surface area contributed by atoms with Crippen molar-refractivity contribution in [2.24, 2.45) is 0 Å². The smallest absolute Gasteiger partial charge is 0.161 e. The van der Waals surface area contributed by atoms with Crippen LogP contribution in [0.1, 0.15) is 24.0 Å². The fourth-order valence-electron chi connectivity index (χ4n) is 2.06. The number of methoxy groups -OCH3 is 2. The Hall–Kier alpha value is -1.96. The molecular weight excluding hydrogens is 224 g/mol. The Labute approximate surface area is 108 Å². The third kappa shape index (κ3) is 2.48. The zero-order valence-corrected chi connectivity index (χ0v) is 11.0. The van der Waals surface area contributed by atoms with E-state index >= 15 is 0 Å². The van der Waals surface area contributed by atoms with E-state index in [1.807, 2.05) is 18.2 Å². The Kier molecular flexibility index (Phi) is 3.88. The third-order valence-electron chi connectivity index (χ3n) is 3.21. The van der Waals surface area contributed by atoms with Crippen LogP contribution in [-0.4, -0.2) is 14.2 Å². The van der Waals surface area contributed by atoms with Crippen molar-refractivity contribution in [3.8, 4) is 11.5 Å². The summed E-state index contributed by atoms with van der Waals surface area (Å²) in [6.07, 6.45) is 0. The number of hydrogen-bond donors (Lipinski definition) is 0. The van der Waals surface area contributed by atoms with Crippen molar-refractivity contribution >= 4 is 0 Å². The van der Waals surface area contributed by atoms with Crippen molar-refractivity contribution in [1.29, 1.82) is 0 Å². The quantitative estimate of drug-likeness (QED) is 0.810. The van der Waals surface area contributed by atoms with Crippen molar-refractivity contribution in [1.82, 2.24) is 0 Å². The summed E-state index contributed by atoms with van der Waals surface area (Å²) in [4.78, 5) is 0. The molecule has 0 aromatic heterocycles. The predicted octanol–water partition coefficient (Wildman–Crippen LogP) is 3.86. The highest BCUT2D eigenvalue weighted by Crippen LogP contribution is 2.32. The van der Waals surface area contributed by atoms with Gasteiger partial charge in [0, 0.05) is 5.92 Å². The van der Waals surface area contributed by atoms with E-state index in [1.165, 1.54) is 11.1 Å². The summed E-state index contributed by atoms with van der Waals surface area (Å²) < 4.78 is 10.6. The molecule has 18 heavy (non-hydrogen) atoms. The fourth-order valence-corrected chi connectivity index (χ4v) is 2.06. The maximum absolute atomic E-state index is 5.34. The summed E-state index contributed by atoms with van der Waals surface area (Å²) in [5.41, 5.74) is 2.52. The Morgan fingerprint density at radius 1 is 0.778 bits per heavy atom. The van der Waals surface area contributed by atoms with Crippen LogP contribution in [0, 0.1) is 0 Å². The Morgan fingerprint density at radius 2 is 1.44 bits per heavy atom. The van der Waals surface area contributed by atoms with E-state index in [-0.39, 0.29) is 0 Å². The van der Waals surface area contributed by atoms with Crippen LogP contribution in [0.25, 0.3) is 0 Å². The van der Waals surface area contributed by atoms with E-state index < -0.39 is 0 Å². The summed E-state index contributed by atoms with van der Waals surface area (Å²) in [6.45, 7) is 2.19. The van der Waals surface area contributed by atoms with Crippen molar-refractivity contribution in [2.45, 2.75) is 12.8 Å². The molecule has 94 valence electrons. The first-order valence-corrected chi connectivity index (χ1v) is 6.03. The van der Waals surface area contributed by atoms with Crippen molar-refractivity contribution in [3.05, 3.63) is 59.7 Å². The maximum atomic E-state index is 5.34.